The molecule has 3 unspecified atom stereocenters. The van der Waals surface area contributed by atoms with Crippen LogP contribution in [-0.4, -0.2) is 35.7 Å². The number of halogens is 3. The van der Waals surface area contributed by atoms with Crippen molar-refractivity contribution in [1.82, 2.24) is 0 Å². The number of nitrogens with zero attached hydrogens (tertiary/aromatic N) is 1. The molecule has 0 heterocycles. The highest BCUT2D eigenvalue weighted by Gasteiger charge is 2.44. The number of benzene rings is 2. The molecule has 0 aliphatic heterocycles. The normalized spacial score (nSPS) is 20.6. The molecule has 2 aliphatic rings. The minimum absolute atomic E-state index is 0.0886. The Balaban J connectivity index is 1.64. The van der Waals surface area contributed by atoms with Crippen molar-refractivity contribution in [1.29, 1.82) is 0 Å². The van der Waals surface area contributed by atoms with Crippen molar-refractivity contribution in [2.45, 2.75) is 83.4 Å². The minimum atomic E-state index is -4.25. The van der Waals surface area contributed by atoms with E-state index in [1.54, 1.807) is 6.92 Å². The number of alkyl halides is 3. The Morgan fingerprint density at radius 2 is 1.76 bits per heavy atom. The van der Waals surface area contributed by atoms with Crippen molar-refractivity contribution in [2.75, 3.05) is 16.8 Å². The first kappa shape index (κ1) is 28.0. The molecule has 38 heavy (non-hydrogen) atoms. The summed E-state index contributed by atoms with van der Waals surface area (Å²) in [5, 5.41) is 12.4. The average molecular weight is 531 g/mol. The number of hydrogen-bond donors (Lipinski definition) is 2. The molecule has 0 aromatic heterocycles. The molecule has 2 saturated carbocycles. The Morgan fingerprint density at radius 3 is 2.37 bits per heavy atom. The summed E-state index contributed by atoms with van der Waals surface area (Å²) in [4.78, 5) is 26.7. The van der Waals surface area contributed by atoms with Crippen molar-refractivity contribution in [3.8, 4) is 0 Å². The topological polar surface area (TPSA) is 69.6 Å². The van der Waals surface area contributed by atoms with Crippen LogP contribution in [0.4, 0.5) is 24.5 Å². The van der Waals surface area contributed by atoms with Crippen LogP contribution in [0.1, 0.15) is 74.5 Å². The Hall–Kier alpha value is -3.03. The van der Waals surface area contributed by atoms with Crippen molar-refractivity contribution in [3.63, 3.8) is 0 Å². The van der Waals surface area contributed by atoms with Gasteiger partial charge in [-0.05, 0) is 61.3 Å². The Morgan fingerprint density at radius 1 is 1.08 bits per heavy atom. The third-order valence-electron chi connectivity index (χ3n) is 7.73. The lowest BCUT2D eigenvalue weighted by Crippen LogP contribution is -2.41. The maximum absolute atomic E-state index is 13.2. The lowest BCUT2D eigenvalue weighted by atomic mass is 9.92. The highest BCUT2D eigenvalue weighted by molar-refractivity contribution is 5.96. The van der Waals surface area contributed by atoms with Crippen molar-refractivity contribution in [3.05, 3.63) is 59.2 Å². The predicted molar refractivity (Wildman–Crippen MR) is 142 cm³/mol. The van der Waals surface area contributed by atoms with Crippen LogP contribution in [0.2, 0.25) is 0 Å². The van der Waals surface area contributed by atoms with Crippen LogP contribution in [-0.2, 0) is 16.0 Å². The molecule has 3 atom stereocenters. The number of carbonyl (C=O) groups is 2. The maximum atomic E-state index is 13.2. The summed E-state index contributed by atoms with van der Waals surface area (Å²) in [6.07, 6.45) is 0.520. The number of rotatable bonds is 10. The van der Waals surface area contributed by atoms with Crippen LogP contribution >= 0.6 is 0 Å². The van der Waals surface area contributed by atoms with Crippen molar-refractivity contribution in [2.24, 2.45) is 11.8 Å². The summed E-state index contributed by atoms with van der Waals surface area (Å²) < 4.78 is 39.6. The standard InChI is InChI=1S/C30H37F3N2O3/c1-19-8-10-21(11-9-19)14-28(36)34-26-15-22(24-16-25(24)29(37)38)12-13-27(26)35(23-6-4-3-5-7-23)18-20(2)17-30(31,32)33/h8-13,15,20,23-25H,3-7,14,16-18H2,1-2H3,(H,34,36)(H,37,38). The highest BCUT2D eigenvalue weighted by atomic mass is 19.4. The van der Waals surface area contributed by atoms with Crippen LogP contribution in [0.5, 0.6) is 0 Å². The van der Waals surface area contributed by atoms with Crippen LogP contribution in [0.15, 0.2) is 42.5 Å². The van der Waals surface area contributed by atoms with Gasteiger partial charge in [-0.25, -0.2) is 0 Å². The first-order valence-electron chi connectivity index (χ1n) is 13.6. The molecule has 5 nitrogen and oxygen atoms in total. The Labute approximate surface area is 222 Å². The molecule has 2 aliphatic carbocycles. The number of aliphatic carboxylic acids is 1. The van der Waals surface area contributed by atoms with Crippen LogP contribution in [0, 0.1) is 18.8 Å². The number of aryl methyl sites for hydroxylation is 1. The second kappa shape index (κ2) is 11.8. The van der Waals surface area contributed by atoms with Gasteiger partial charge >= 0.3 is 12.1 Å². The summed E-state index contributed by atoms with van der Waals surface area (Å²) in [5.74, 6) is -2.24. The number of carbonyl (C=O) groups excluding carboxylic acids is 1. The zero-order valence-corrected chi connectivity index (χ0v) is 22.1. The third kappa shape index (κ3) is 7.51. The lowest BCUT2D eigenvalue weighted by molar-refractivity contribution is -0.142. The van der Waals surface area contributed by atoms with Gasteiger partial charge in [0.1, 0.15) is 0 Å². The largest absolute Gasteiger partial charge is 0.481 e. The van der Waals surface area contributed by atoms with E-state index in [1.807, 2.05) is 49.4 Å². The zero-order valence-electron chi connectivity index (χ0n) is 22.1. The van der Waals surface area contributed by atoms with Gasteiger partial charge in [-0.3, -0.25) is 9.59 Å². The number of carboxylic acid groups (broad SMARTS) is 1. The molecule has 4 rings (SSSR count). The van der Waals surface area contributed by atoms with Crippen LogP contribution in [0.25, 0.3) is 0 Å². The van der Waals surface area contributed by atoms with E-state index in [0.29, 0.717) is 17.8 Å². The molecular formula is C30H37F3N2O3. The fourth-order valence-electron chi connectivity index (χ4n) is 5.69. The van der Waals surface area contributed by atoms with Gasteiger partial charge < -0.3 is 15.3 Å². The van der Waals surface area contributed by atoms with E-state index < -0.39 is 30.4 Å². The van der Waals surface area contributed by atoms with Gasteiger partial charge in [-0.15, -0.1) is 0 Å². The predicted octanol–water partition coefficient (Wildman–Crippen LogP) is 7.09. The number of hydrogen-bond acceptors (Lipinski definition) is 3. The molecule has 0 bridgehead atoms. The van der Waals surface area contributed by atoms with Crippen LogP contribution < -0.4 is 10.2 Å². The minimum Gasteiger partial charge on any atom is -0.481 e. The van der Waals surface area contributed by atoms with Gasteiger partial charge in [0.05, 0.1) is 23.7 Å². The van der Waals surface area contributed by atoms with Gasteiger partial charge in [0, 0.05) is 19.0 Å². The maximum Gasteiger partial charge on any atom is 0.389 e. The molecule has 8 heteroatoms. The van der Waals surface area contributed by atoms with Crippen LogP contribution in [0.3, 0.4) is 0 Å². The number of nitrogens with one attached hydrogen (secondary N) is 1. The first-order valence-corrected chi connectivity index (χ1v) is 13.6. The van der Waals surface area contributed by atoms with E-state index >= 15 is 0 Å². The quantitative estimate of drug-likeness (QED) is 0.344. The monoisotopic (exact) mass is 530 g/mol. The smallest absolute Gasteiger partial charge is 0.389 e. The van der Waals surface area contributed by atoms with Gasteiger partial charge in [0.2, 0.25) is 5.91 Å². The van der Waals surface area contributed by atoms with E-state index in [-0.39, 0.29) is 30.8 Å². The summed E-state index contributed by atoms with van der Waals surface area (Å²) >= 11 is 0. The Kier molecular flexibility index (Phi) is 8.68. The molecule has 2 aromatic rings. The molecule has 206 valence electrons. The average Bonchev–Trinajstić information content (AvgIpc) is 3.65. The molecule has 1 amide bonds. The second-order valence-electron chi connectivity index (χ2n) is 11.1. The SMILES string of the molecule is Cc1ccc(CC(=O)Nc2cc(C3CC3C(=O)O)ccc2N(CC(C)CC(F)(F)F)C2CCCCC2)cc1. The van der Waals surface area contributed by atoms with E-state index in [1.165, 1.54) is 0 Å². The lowest BCUT2D eigenvalue weighted by Gasteiger charge is -2.39. The number of carboxylic acids is 1. The number of anilines is 2. The fraction of sp³-hybridized carbons (Fsp3) is 0.533. The van der Waals surface area contributed by atoms with Gasteiger partial charge in [-0.2, -0.15) is 13.2 Å². The third-order valence-corrected chi connectivity index (χ3v) is 7.73. The molecule has 0 radical (unpaired) electrons. The van der Waals surface area contributed by atoms with Crippen molar-refractivity contribution >= 4 is 23.3 Å². The highest BCUT2D eigenvalue weighted by Crippen LogP contribution is 2.49. The van der Waals surface area contributed by atoms with Gasteiger partial charge in [0.25, 0.3) is 0 Å². The summed E-state index contributed by atoms with van der Waals surface area (Å²) in [6, 6.07) is 13.4. The van der Waals surface area contributed by atoms with Gasteiger partial charge in [0.15, 0.2) is 0 Å². The molecule has 2 aromatic carbocycles. The molecule has 2 N–H and O–H groups in total. The Bertz CT molecular complexity index is 1130. The number of amides is 1. The molecule has 0 spiro atoms. The summed E-state index contributed by atoms with van der Waals surface area (Å²) in [7, 11) is 0. The van der Waals surface area contributed by atoms with E-state index in [4.69, 9.17) is 0 Å². The van der Waals surface area contributed by atoms with E-state index in [2.05, 4.69) is 10.2 Å². The molecule has 0 saturated heterocycles. The van der Waals surface area contributed by atoms with Crippen molar-refractivity contribution < 1.29 is 27.9 Å². The van der Waals surface area contributed by atoms with Gasteiger partial charge in [-0.1, -0.05) is 62.1 Å². The summed E-state index contributed by atoms with van der Waals surface area (Å²) in [6.45, 7) is 3.82. The zero-order chi connectivity index (χ0) is 27.4. The fourth-order valence-corrected chi connectivity index (χ4v) is 5.69. The second-order valence-corrected chi connectivity index (χ2v) is 11.1. The van der Waals surface area contributed by atoms with E-state index in [9.17, 15) is 27.9 Å². The van der Waals surface area contributed by atoms with E-state index in [0.717, 1.165) is 48.8 Å². The first-order chi connectivity index (χ1) is 18.0. The molecule has 2 fully saturated rings. The summed E-state index contributed by atoms with van der Waals surface area (Å²) in [5.41, 5.74) is 4.04. The molecular weight excluding hydrogens is 493 g/mol.